The summed E-state index contributed by atoms with van der Waals surface area (Å²) in [5, 5.41) is 0. The number of hydrogen-bond acceptors (Lipinski definition) is 3. The van der Waals surface area contributed by atoms with E-state index < -0.39 is 0 Å². The first-order chi connectivity index (χ1) is 11.7. The van der Waals surface area contributed by atoms with E-state index in [-0.39, 0.29) is 24.2 Å². The van der Waals surface area contributed by atoms with Crippen molar-refractivity contribution in [3.63, 3.8) is 0 Å². The number of rotatable bonds is 4. The van der Waals surface area contributed by atoms with E-state index in [0.29, 0.717) is 5.92 Å². The third-order valence-corrected chi connectivity index (χ3v) is 6.56. The van der Waals surface area contributed by atoms with Crippen LogP contribution in [0.5, 0.6) is 0 Å². The van der Waals surface area contributed by atoms with Gasteiger partial charge in [-0.15, -0.1) is 0 Å². The van der Waals surface area contributed by atoms with E-state index in [4.69, 9.17) is 9.31 Å². The molecule has 1 saturated heterocycles. The highest BCUT2D eigenvalue weighted by molar-refractivity contribution is 14.1. The monoisotopic (exact) mass is 455 g/mol. The first-order valence-electron chi connectivity index (χ1n) is 8.97. The number of alkyl halides is 1. The Morgan fingerprint density at radius 2 is 1.88 bits per heavy atom. The third kappa shape index (κ3) is 3.49. The standard InChI is InChI=1S/C19H27BINO3/c1-18(2)19(3,4)25-20(24-18)14-8-9-15-16(11-14)13(7-6-10-21)12-22(5)17(15)23/h8-9,11,13H,6-7,10,12H2,1-5H3/t13-/m1/s1. The van der Waals surface area contributed by atoms with Crippen LogP contribution in [-0.2, 0) is 9.31 Å². The molecule has 2 aliphatic heterocycles. The van der Waals surface area contributed by atoms with Gasteiger partial charge in [-0.25, -0.2) is 0 Å². The fourth-order valence-electron chi connectivity index (χ4n) is 3.53. The van der Waals surface area contributed by atoms with Crippen molar-refractivity contribution in [3.8, 4) is 0 Å². The number of likely N-dealkylation sites (N-methyl/N-ethyl adjacent to an activating group) is 1. The van der Waals surface area contributed by atoms with Crippen LogP contribution in [0.2, 0.25) is 0 Å². The third-order valence-electron chi connectivity index (χ3n) is 5.80. The zero-order valence-corrected chi connectivity index (χ0v) is 17.9. The van der Waals surface area contributed by atoms with Gasteiger partial charge in [-0.3, -0.25) is 4.79 Å². The van der Waals surface area contributed by atoms with Gasteiger partial charge < -0.3 is 14.2 Å². The van der Waals surface area contributed by atoms with E-state index in [2.05, 4.69) is 56.4 Å². The highest BCUT2D eigenvalue weighted by Gasteiger charge is 2.51. The minimum absolute atomic E-state index is 0.112. The molecule has 0 aliphatic carbocycles. The van der Waals surface area contributed by atoms with Crippen LogP contribution in [0.15, 0.2) is 18.2 Å². The second-order valence-corrected chi connectivity index (χ2v) is 9.23. The van der Waals surface area contributed by atoms with Gasteiger partial charge in [0, 0.05) is 25.1 Å². The molecule has 2 aliphatic rings. The van der Waals surface area contributed by atoms with Gasteiger partial charge >= 0.3 is 7.12 Å². The summed E-state index contributed by atoms with van der Waals surface area (Å²) in [6, 6.07) is 6.07. The Hall–Kier alpha value is -0.595. The predicted molar refractivity (Wildman–Crippen MR) is 110 cm³/mol. The summed E-state index contributed by atoms with van der Waals surface area (Å²) in [6.07, 6.45) is 2.26. The van der Waals surface area contributed by atoms with E-state index in [1.54, 1.807) is 0 Å². The van der Waals surface area contributed by atoms with Crippen molar-refractivity contribution in [1.82, 2.24) is 4.90 Å². The average molecular weight is 455 g/mol. The van der Waals surface area contributed by atoms with Crippen molar-refractivity contribution in [2.45, 2.75) is 57.7 Å². The molecule has 1 fully saturated rings. The number of carbonyl (C=O) groups is 1. The first-order valence-corrected chi connectivity index (χ1v) is 10.5. The lowest BCUT2D eigenvalue weighted by atomic mass is 9.75. The summed E-state index contributed by atoms with van der Waals surface area (Å²) in [5.74, 6) is 0.496. The summed E-state index contributed by atoms with van der Waals surface area (Å²) >= 11 is 2.42. The van der Waals surface area contributed by atoms with Crippen molar-refractivity contribution in [1.29, 1.82) is 0 Å². The topological polar surface area (TPSA) is 38.8 Å². The molecule has 2 heterocycles. The Kier molecular flexibility index (Phi) is 5.26. The van der Waals surface area contributed by atoms with Gasteiger partial charge in [0.2, 0.25) is 0 Å². The second kappa shape index (κ2) is 6.85. The fourth-order valence-corrected chi connectivity index (χ4v) is 3.97. The fraction of sp³-hybridized carbons (Fsp3) is 0.632. The zero-order valence-electron chi connectivity index (χ0n) is 15.8. The maximum atomic E-state index is 12.5. The van der Waals surface area contributed by atoms with E-state index in [0.717, 1.165) is 40.4 Å². The summed E-state index contributed by atoms with van der Waals surface area (Å²) < 4.78 is 13.5. The molecular formula is C19H27BINO3. The minimum atomic E-state index is -0.379. The van der Waals surface area contributed by atoms with Crippen LogP contribution >= 0.6 is 22.6 Å². The highest BCUT2D eigenvalue weighted by atomic mass is 127. The maximum Gasteiger partial charge on any atom is 0.494 e. The van der Waals surface area contributed by atoms with Crippen LogP contribution in [0.1, 0.15) is 62.4 Å². The molecule has 4 nitrogen and oxygen atoms in total. The molecule has 25 heavy (non-hydrogen) atoms. The first kappa shape index (κ1) is 19.2. The maximum absolute atomic E-state index is 12.5. The smallest absolute Gasteiger partial charge is 0.399 e. The van der Waals surface area contributed by atoms with Gasteiger partial charge in [-0.05, 0) is 62.1 Å². The molecule has 0 saturated carbocycles. The number of amides is 1. The Labute approximate surface area is 164 Å². The summed E-state index contributed by atoms with van der Waals surface area (Å²) in [6.45, 7) is 9.04. The molecule has 1 atom stereocenters. The molecule has 1 aromatic carbocycles. The van der Waals surface area contributed by atoms with Crippen molar-refractivity contribution < 1.29 is 14.1 Å². The van der Waals surface area contributed by atoms with Crippen LogP contribution < -0.4 is 5.46 Å². The van der Waals surface area contributed by atoms with Crippen molar-refractivity contribution in [3.05, 3.63) is 29.3 Å². The molecule has 1 amide bonds. The molecule has 0 aromatic heterocycles. The molecule has 0 spiro atoms. The predicted octanol–water partition coefficient (Wildman–Crippen LogP) is 3.37. The van der Waals surface area contributed by atoms with Crippen LogP contribution in [0.25, 0.3) is 0 Å². The van der Waals surface area contributed by atoms with Gasteiger partial charge in [0.05, 0.1) is 11.2 Å². The van der Waals surface area contributed by atoms with Crippen molar-refractivity contribution >= 4 is 41.1 Å². The van der Waals surface area contributed by atoms with Crippen molar-refractivity contribution in [2.75, 3.05) is 18.0 Å². The lowest BCUT2D eigenvalue weighted by Crippen LogP contribution is -2.41. The molecule has 6 heteroatoms. The highest BCUT2D eigenvalue weighted by Crippen LogP contribution is 2.37. The Morgan fingerprint density at radius 3 is 2.48 bits per heavy atom. The Bertz CT molecular complexity index is 661. The van der Waals surface area contributed by atoms with Crippen molar-refractivity contribution in [2.24, 2.45) is 0 Å². The zero-order chi connectivity index (χ0) is 18.4. The molecular weight excluding hydrogens is 428 g/mol. The van der Waals surface area contributed by atoms with Crippen LogP contribution in [0, 0.1) is 0 Å². The Morgan fingerprint density at radius 1 is 1.24 bits per heavy atom. The van der Waals surface area contributed by atoms with E-state index in [9.17, 15) is 4.79 Å². The molecule has 1 aromatic rings. The SMILES string of the molecule is CN1C[C@@H](CCCI)c2cc(B3OC(C)(C)C(C)(C)O3)ccc2C1=O. The molecule has 0 radical (unpaired) electrons. The molecule has 3 rings (SSSR count). The number of halogens is 1. The summed E-state index contributed by atoms with van der Waals surface area (Å²) in [4.78, 5) is 14.4. The van der Waals surface area contributed by atoms with E-state index in [1.165, 1.54) is 0 Å². The minimum Gasteiger partial charge on any atom is -0.399 e. The van der Waals surface area contributed by atoms with E-state index >= 15 is 0 Å². The van der Waals surface area contributed by atoms with Gasteiger partial charge in [-0.2, -0.15) is 0 Å². The second-order valence-electron chi connectivity index (χ2n) is 8.15. The summed E-state index contributed by atoms with van der Waals surface area (Å²) in [5.41, 5.74) is 2.27. The lowest BCUT2D eigenvalue weighted by molar-refractivity contribution is 0.00578. The number of fused-ring (bicyclic) bond motifs is 1. The molecule has 0 bridgehead atoms. The number of nitrogens with zero attached hydrogens (tertiary/aromatic N) is 1. The van der Waals surface area contributed by atoms with Crippen LogP contribution in [-0.4, -0.2) is 47.1 Å². The summed E-state index contributed by atoms with van der Waals surface area (Å²) in [7, 11) is 1.51. The number of hydrogen-bond donors (Lipinski definition) is 0. The quantitative estimate of drug-likeness (QED) is 0.397. The average Bonchev–Trinajstić information content (AvgIpc) is 2.77. The van der Waals surface area contributed by atoms with Gasteiger partial charge in [-0.1, -0.05) is 34.7 Å². The van der Waals surface area contributed by atoms with E-state index in [1.807, 2.05) is 24.1 Å². The lowest BCUT2D eigenvalue weighted by Gasteiger charge is -2.32. The van der Waals surface area contributed by atoms with Crippen LogP contribution in [0.4, 0.5) is 0 Å². The van der Waals surface area contributed by atoms with Gasteiger partial charge in [0.1, 0.15) is 0 Å². The molecule has 136 valence electrons. The Balaban J connectivity index is 1.94. The number of carbonyl (C=O) groups excluding carboxylic acids is 1. The normalized spacial score (nSPS) is 24.6. The number of benzene rings is 1. The molecule has 0 unspecified atom stereocenters. The largest absolute Gasteiger partial charge is 0.494 e. The van der Waals surface area contributed by atoms with Gasteiger partial charge in [0.15, 0.2) is 0 Å². The van der Waals surface area contributed by atoms with Crippen LogP contribution in [0.3, 0.4) is 0 Å². The van der Waals surface area contributed by atoms with Gasteiger partial charge in [0.25, 0.3) is 5.91 Å². The molecule has 0 N–H and O–H groups in total.